The van der Waals surface area contributed by atoms with Crippen LogP contribution in [0.3, 0.4) is 0 Å². The number of methoxy groups -OCH3 is 1. The fourth-order valence-corrected chi connectivity index (χ4v) is 2.77. The summed E-state index contributed by atoms with van der Waals surface area (Å²) in [6, 6.07) is 5.67. The fraction of sp³-hybridized carbons (Fsp3) is 0.417. The Bertz CT molecular complexity index is 378. The molecule has 0 amide bonds. The van der Waals surface area contributed by atoms with E-state index in [1.54, 1.807) is 14.0 Å². The molecular formula is C12H18O2S. The van der Waals surface area contributed by atoms with Crippen molar-refractivity contribution < 1.29 is 9.53 Å². The third kappa shape index (κ3) is 2.75. The lowest BCUT2D eigenvalue weighted by Gasteiger charge is -2.28. The molecule has 0 aliphatic carbocycles. The standard InChI is InChI=1S/C12H18O2S/c1-9(13)11-7-6-10(14-2)8-12(11)15(3,4)5/h6-8H,1-5H3. The van der Waals surface area contributed by atoms with Crippen LogP contribution >= 0.6 is 10.0 Å². The van der Waals surface area contributed by atoms with E-state index in [0.29, 0.717) is 0 Å². The molecule has 0 atom stereocenters. The largest absolute Gasteiger partial charge is 0.497 e. The minimum Gasteiger partial charge on any atom is -0.497 e. The zero-order chi connectivity index (χ0) is 11.6. The van der Waals surface area contributed by atoms with E-state index in [9.17, 15) is 4.79 Å². The van der Waals surface area contributed by atoms with Crippen LogP contribution in [0.5, 0.6) is 5.75 Å². The Labute approximate surface area is 93.0 Å². The normalized spacial score (nSPS) is 12.3. The van der Waals surface area contributed by atoms with Gasteiger partial charge in [0.05, 0.1) is 7.11 Å². The van der Waals surface area contributed by atoms with Crippen LogP contribution in [0.1, 0.15) is 17.3 Å². The maximum Gasteiger partial charge on any atom is 0.160 e. The molecule has 1 rings (SSSR count). The van der Waals surface area contributed by atoms with Gasteiger partial charge in [0.25, 0.3) is 0 Å². The predicted octanol–water partition coefficient (Wildman–Crippen LogP) is 2.95. The molecule has 3 heteroatoms. The number of rotatable bonds is 3. The second kappa shape index (κ2) is 4.27. The molecule has 0 unspecified atom stereocenters. The topological polar surface area (TPSA) is 26.3 Å². The van der Waals surface area contributed by atoms with Crippen molar-refractivity contribution in [2.75, 3.05) is 25.9 Å². The smallest absolute Gasteiger partial charge is 0.160 e. The van der Waals surface area contributed by atoms with Crippen LogP contribution in [0.15, 0.2) is 23.1 Å². The van der Waals surface area contributed by atoms with E-state index in [2.05, 4.69) is 18.8 Å². The van der Waals surface area contributed by atoms with E-state index in [1.165, 1.54) is 0 Å². The van der Waals surface area contributed by atoms with Gasteiger partial charge in [0.2, 0.25) is 0 Å². The summed E-state index contributed by atoms with van der Waals surface area (Å²) in [5, 5.41) is 0. The van der Waals surface area contributed by atoms with Crippen molar-refractivity contribution in [1.82, 2.24) is 0 Å². The number of carbonyl (C=O) groups is 1. The van der Waals surface area contributed by atoms with Crippen LogP contribution in [0.2, 0.25) is 0 Å². The van der Waals surface area contributed by atoms with Crippen LogP contribution in [-0.4, -0.2) is 31.7 Å². The van der Waals surface area contributed by atoms with Gasteiger partial charge in [-0.2, -0.15) is 0 Å². The Kier molecular flexibility index (Phi) is 3.45. The summed E-state index contributed by atoms with van der Waals surface area (Å²) >= 11 is 0. The molecular weight excluding hydrogens is 208 g/mol. The Hall–Kier alpha value is -0.960. The number of benzene rings is 1. The minimum atomic E-state index is -0.912. The Balaban J connectivity index is 3.36. The first kappa shape index (κ1) is 12.1. The van der Waals surface area contributed by atoms with Gasteiger partial charge in [0.1, 0.15) is 5.75 Å². The van der Waals surface area contributed by atoms with Crippen LogP contribution in [-0.2, 0) is 0 Å². The number of hydrogen-bond acceptors (Lipinski definition) is 2. The first-order valence-corrected chi connectivity index (χ1v) is 7.59. The zero-order valence-corrected chi connectivity index (χ0v) is 10.8. The maximum absolute atomic E-state index is 11.5. The van der Waals surface area contributed by atoms with E-state index < -0.39 is 10.0 Å². The van der Waals surface area contributed by atoms with Crippen molar-refractivity contribution in [2.24, 2.45) is 0 Å². The molecule has 15 heavy (non-hydrogen) atoms. The summed E-state index contributed by atoms with van der Waals surface area (Å²) < 4.78 is 5.19. The third-order valence-corrected chi connectivity index (χ3v) is 3.89. The molecule has 0 heterocycles. The molecule has 2 nitrogen and oxygen atoms in total. The molecule has 0 fully saturated rings. The molecule has 0 aliphatic rings. The van der Waals surface area contributed by atoms with Crippen LogP contribution < -0.4 is 4.74 Å². The predicted molar refractivity (Wildman–Crippen MR) is 66.6 cm³/mol. The van der Waals surface area contributed by atoms with Gasteiger partial charge in [0.15, 0.2) is 5.78 Å². The maximum atomic E-state index is 11.5. The van der Waals surface area contributed by atoms with Crippen molar-refractivity contribution in [2.45, 2.75) is 11.8 Å². The van der Waals surface area contributed by atoms with Crippen LogP contribution in [0, 0.1) is 0 Å². The van der Waals surface area contributed by atoms with E-state index in [4.69, 9.17) is 4.74 Å². The minimum absolute atomic E-state index is 0.120. The average Bonchev–Trinajstić information content (AvgIpc) is 2.15. The van der Waals surface area contributed by atoms with Crippen molar-refractivity contribution in [3.8, 4) is 5.75 Å². The summed E-state index contributed by atoms with van der Waals surface area (Å²) in [5.74, 6) is 0.938. The lowest BCUT2D eigenvalue weighted by molar-refractivity contribution is 0.101. The Morgan fingerprint density at radius 2 is 1.87 bits per heavy atom. The quantitative estimate of drug-likeness (QED) is 0.741. The molecule has 0 saturated heterocycles. The lowest BCUT2D eigenvalue weighted by Crippen LogP contribution is -2.03. The second-order valence-electron chi connectivity index (χ2n) is 4.26. The van der Waals surface area contributed by atoms with E-state index in [-0.39, 0.29) is 5.78 Å². The number of hydrogen-bond donors (Lipinski definition) is 0. The Morgan fingerprint density at radius 3 is 2.27 bits per heavy atom. The van der Waals surface area contributed by atoms with Gasteiger partial charge in [-0.25, -0.2) is 10.0 Å². The van der Waals surface area contributed by atoms with Crippen molar-refractivity contribution in [3.05, 3.63) is 23.8 Å². The molecule has 1 aromatic carbocycles. The highest BCUT2D eigenvalue weighted by molar-refractivity contribution is 8.32. The van der Waals surface area contributed by atoms with Crippen molar-refractivity contribution in [3.63, 3.8) is 0 Å². The first-order chi connectivity index (χ1) is 6.86. The summed E-state index contributed by atoms with van der Waals surface area (Å²) in [6.07, 6.45) is 6.52. The molecule has 1 aromatic rings. The summed E-state index contributed by atoms with van der Waals surface area (Å²) in [7, 11) is 0.731. The molecule has 0 aliphatic heterocycles. The number of Topliss-reactive ketones (excluding diaryl/α,β-unsaturated/α-hetero) is 1. The van der Waals surface area contributed by atoms with Gasteiger partial charge in [-0.15, -0.1) is 0 Å². The van der Waals surface area contributed by atoms with Crippen LogP contribution in [0.4, 0.5) is 0 Å². The van der Waals surface area contributed by atoms with E-state index in [0.717, 1.165) is 16.2 Å². The van der Waals surface area contributed by atoms with Gasteiger partial charge < -0.3 is 4.74 Å². The molecule has 0 N–H and O–H groups in total. The first-order valence-electron chi connectivity index (χ1n) is 4.73. The van der Waals surface area contributed by atoms with Crippen molar-refractivity contribution >= 4 is 15.8 Å². The number of ether oxygens (including phenoxy) is 1. The van der Waals surface area contributed by atoms with Crippen LogP contribution in [0.25, 0.3) is 0 Å². The van der Waals surface area contributed by atoms with Gasteiger partial charge in [-0.05, 0) is 43.9 Å². The molecule has 0 aromatic heterocycles. The van der Waals surface area contributed by atoms with Gasteiger partial charge >= 0.3 is 0 Å². The highest BCUT2D eigenvalue weighted by Gasteiger charge is 2.16. The average molecular weight is 226 g/mol. The summed E-state index contributed by atoms with van der Waals surface area (Å²) in [5.41, 5.74) is 0.818. The zero-order valence-electron chi connectivity index (χ0n) is 9.96. The second-order valence-corrected chi connectivity index (χ2v) is 8.37. The number of ketones is 1. The van der Waals surface area contributed by atoms with E-state index in [1.807, 2.05) is 18.2 Å². The third-order valence-electron chi connectivity index (χ3n) is 2.23. The molecule has 0 spiro atoms. The van der Waals surface area contributed by atoms with Gasteiger partial charge in [-0.1, -0.05) is 0 Å². The highest BCUT2D eigenvalue weighted by Crippen LogP contribution is 2.48. The molecule has 0 bridgehead atoms. The van der Waals surface area contributed by atoms with Gasteiger partial charge in [0, 0.05) is 10.5 Å². The highest BCUT2D eigenvalue weighted by atomic mass is 32.3. The SMILES string of the molecule is COc1ccc(C(C)=O)c(S(C)(C)C)c1. The molecule has 84 valence electrons. The molecule has 0 saturated carbocycles. The van der Waals surface area contributed by atoms with Crippen molar-refractivity contribution in [1.29, 1.82) is 0 Å². The van der Waals surface area contributed by atoms with E-state index >= 15 is 0 Å². The number of carbonyl (C=O) groups excluding carboxylic acids is 1. The monoisotopic (exact) mass is 226 g/mol. The Morgan fingerprint density at radius 1 is 1.27 bits per heavy atom. The van der Waals surface area contributed by atoms with Gasteiger partial charge in [-0.3, -0.25) is 4.79 Å². The lowest BCUT2D eigenvalue weighted by atomic mass is 10.1. The fourth-order valence-electron chi connectivity index (χ4n) is 1.43. The molecule has 0 radical (unpaired) electrons. The summed E-state index contributed by atoms with van der Waals surface area (Å²) in [4.78, 5) is 12.6. The summed E-state index contributed by atoms with van der Waals surface area (Å²) in [6.45, 7) is 1.61.